The van der Waals surface area contributed by atoms with E-state index < -0.39 is 0 Å². The summed E-state index contributed by atoms with van der Waals surface area (Å²) in [5.74, 6) is 0.577. The van der Waals surface area contributed by atoms with Crippen LogP contribution in [-0.2, 0) is 4.79 Å². The first kappa shape index (κ1) is 18.5. The molecular weight excluding hydrogens is 344 g/mol. The van der Waals surface area contributed by atoms with Crippen molar-refractivity contribution in [1.29, 1.82) is 0 Å². The van der Waals surface area contributed by atoms with Crippen molar-refractivity contribution < 1.29 is 9.53 Å². The molecule has 0 fully saturated rings. The number of anilines is 2. The zero-order valence-corrected chi connectivity index (χ0v) is 15.8. The molecule has 0 aliphatic heterocycles. The summed E-state index contributed by atoms with van der Waals surface area (Å²) in [6.07, 6.45) is 1.91. The first-order chi connectivity index (χ1) is 11.4. The van der Waals surface area contributed by atoms with Crippen LogP contribution in [0, 0.1) is 13.8 Å². The summed E-state index contributed by atoms with van der Waals surface area (Å²) >= 11 is 7.53. The predicted octanol–water partition coefficient (Wildman–Crippen LogP) is 4.69. The molecule has 128 valence electrons. The zero-order valence-electron chi connectivity index (χ0n) is 14.2. The number of benzene rings is 2. The smallest absolute Gasteiger partial charge is 0.244 e. The Morgan fingerprint density at radius 3 is 2.67 bits per heavy atom. The molecule has 0 aromatic heterocycles. The largest absolute Gasteiger partial charge is 0.495 e. The van der Waals surface area contributed by atoms with E-state index in [-0.39, 0.29) is 12.5 Å². The highest BCUT2D eigenvalue weighted by Crippen LogP contribution is 2.34. The van der Waals surface area contributed by atoms with E-state index in [1.165, 1.54) is 11.9 Å². The lowest BCUT2D eigenvalue weighted by Gasteiger charge is -2.23. The molecule has 1 N–H and O–H groups in total. The van der Waals surface area contributed by atoms with Gasteiger partial charge in [0.15, 0.2) is 0 Å². The number of methoxy groups -OCH3 is 1. The molecule has 4 nitrogen and oxygen atoms in total. The van der Waals surface area contributed by atoms with E-state index in [1.54, 1.807) is 25.3 Å². The van der Waals surface area contributed by atoms with Crippen LogP contribution in [0.3, 0.4) is 0 Å². The molecule has 2 aromatic rings. The van der Waals surface area contributed by atoms with Crippen LogP contribution in [0.1, 0.15) is 11.1 Å². The predicted molar refractivity (Wildman–Crippen MR) is 103 cm³/mol. The molecule has 6 heteroatoms. The van der Waals surface area contributed by atoms with E-state index in [0.717, 1.165) is 22.5 Å². The van der Waals surface area contributed by atoms with Crippen molar-refractivity contribution in [2.45, 2.75) is 13.8 Å². The third-order valence-electron chi connectivity index (χ3n) is 3.58. The van der Waals surface area contributed by atoms with E-state index in [0.29, 0.717) is 10.8 Å². The Labute approximate surface area is 152 Å². The Morgan fingerprint density at radius 1 is 1.25 bits per heavy atom. The Morgan fingerprint density at radius 2 is 2.00 bits per heavy atom. The van der Waals surface area contributed by atoms with Gasteiger partial charge in [-0.3, -0.25) is 4.79 Å². The van der Waals surface area contributed by atoms with Crippen LogP contribution in [0.4, 0.5) is 11.4 Å². The molecule has 0 spiro atoms. The van der Waals surface area contributed by atoms with Gasteiger partial charge in [-0.25, -0.2) is 0 Å². The lowest BCUT2D eigenvalue weighted by molar-refractivity contribution is -0.114. The molecule has 24 heavy (non-hydrogen) atoms. The molecule has 0 radical (unpaired) electrons. The summed E-state index contributed by atoms with van der Waals surface area (Å²) in [6.45, 7) is 4.16. The van der Waals surface area contributed by atoms with Gasteiger partial charge in [0.25, 0.3) is 0 Å². The second kappa shape index (κ2) is 8.31. The summed E-state index contributed by atoms with van der Waals surface area (Å²) in [5.41, 5.74) is 3.74. The minimum Gasteiger partial charge on any atom is -0.495 e. The van der Waals surface area contributed by atoms with Gasteiger partial charge in [0.05, 0.1) is 12.8 Å². The monoisotopic (exact) mass is 364 g/mol. The number of carbonyl (C=O) groups excluding carboxylic acids is 1. The molecular formula is C18H21ClN2O2S. The molecule has 1 amide bonds. The summed E-state index contributed by atoms with van der Waals surface area (Å²) in [6, 6.07) is 11.3. The molecule has 0 saturated carbocycles. The van der Waals surface area contributed by atoms with Crippen molar-refractivity contribution in [2.75, 3.05) is 29.5 Å². The maximum atomic E-state index is 12.5. The molecule has 0 aliphatic carbocycles. The Bertz CT molecular complexity index is 737. The average Bonchev–Trinajstić information content (AvgIpc) is 2.56. The maximum Gasteiger partial charge on any atom is 0.244 e. The van der Waals surface area contributed by atoms with Crippen molar-refractivity contribution in [3.63, 3.8) is 0 Å². The zero-order chi connectivity index (χ0) is 17.7. The van der Waals surface area contributed by atoms with Crippen LogP contribution < -0.4 is 14.4 Å². The minimum atomic E-state index is -0.0971. The van der Waals surface area contributed by atoms with Gasteiger partial charge in [-0.05, 0) is 49.2 Å². The number of rotatable bonds is 6. The quantitative estimate of drug-likeness (QED) is 0.755. The SMILES string of the molecule is COc1ccc(Cl)cc1N(CC(=O)Nc1cc(C)ccc1C)SC. The molecule has 2 rings (SSSR count). The van der Waals surface area contributed by atoms with Crippen molar-refractivity contribution in [3.05, 3.63) is 52.5 Å². The highest BCUT2D eigenvalue weighted by atomic mass is 35.5. The standard InChI is InChI=1S/C18H21ClN2O2S/c1-12-5-6-13(2)15(9-12)20-18(22)11-21(24-4)16-10-14(19)7-8-17(16)23-3/h5-10H,11H2,1-4H3,(H,20,22). The number of carbonyl (C=O) groups is 1. The normalized spacial score (nSPS) is 10.4. The number of ether oxygens (including phenoxy) is 1. The van der Waals surface area contributed by atoms with Crippen molar-refractivity contribution >= 4 is 40.8 Å². The molecule has 0 heterocycles. The van der Waals surface area contributed by atoms with E-state index in [2.05, 4.69) is 5.32 Å². The van der Waals surface area contributed by atoms with Gasteiger partial charge in [0.2, 0.25) is 5.91 Å². The van der Waals surface area contributed by atoms with Gasteiger partial charge in [-0.2, -0.15) is 0 Å². The van der Waals surface area contributed by atoms with E-state index >= 15 is 0 Å². The molecule has 0 bridgehead atoms. The number of nitrogens with one attached hydrogen (secondary N) is 1. The fourth-order valence-electron chi connectivity index (χ4n) is 2.30. The first-order valence-electron chi connectivity index (χ1n) is 7.47. The second-order valence-electron chi connectivity index (χ2n) is 5.40. The van der Waals surface area contributed by atoms with Crippen LogP contribution in [0.2, 0.25) is 5.02 Å². The van der Waals surface area contributed by atoms with E-state index in [9.17, 15) is 4.79 Å². The van der Waals surface area contributed by atoms with E-state index in [4.69, 9.17) is 16.3 Å². The van der Waals surface area contributed by atoms with Gasteiger partial charge in [-0.15, -0.1) is 0 Å². The second-order valence-corrected chi connectivity index (χ2v) is 6.64. The fraction of sp³-hybridized carbons (Fsp3) is 0.278. The third kappa shape index (κ3) is 4.58. The lowest BCUT2D eigenvalue weighted by atomic mass is 10.1. The minimum absolute atomic E-state index is 0.0971. The van der Waals surface area contributed by atoms with Crippen LogP contribution in [0.15, 0.2) is 36.4 Å². The van der Waals surface area contributed by atoms with Gasteiger partial charge < -0.3 is 14.4 Å². The molecule has 0 saturated heterocycles. The number of nitrogens with zero attached hydrogens (tertiary/aromatic N) is 1. The number of amides is 1. The lowest BCUT2D eigenvalue weighted by Crippen LogP contribution is -2.28. The fourth-order valence-corrected chi connectivity index (χ4v) is 3.05. The van der Waals surface area contributed by atoms with Gasteiger partial charge in [0, 0.05) is 17.0 Å². The molecule has 0 aliphatic rings. The maximum absolute atomic E-state index is 12.5. The van der Waals surface area contributed by atoms with Crippen LogP contribution in [0.25, 0.3) is 0 Å². The van der Waals surface area contributed by atoms with Crippen molar-refractivity contribution in [3.8, 4) is 5.75 Å². The van der Waals surface area contributed by atoms with E-state index in [1.807, 2.05) is 42.6 Å². The van der Waals surface area contributed by atoms with Crippen LogP contribution in [0.5, 0.6) is 5.75 Å². The topological polar surface area (TPSA) is 41.6 Å². The summed E-state index contributed by atoms with van der Waals surface area (Å²) < 4.78 is 7.22. The molecule has 0 unspecified atom stereocenters. The highest BCUT2D eigenvalue weighted by Gasteiger charge is 2.16. The number of hydrogen-bond acceptors (Lipinski definition) is 4. The van der Waals surface area contributed by atoms with Gasteiger partial charge in [-0.1, -0.05) is 35.7 Å². The van der Waals surface area contributed by atoms with Crippen molar-refractivity contribution in [1.82, 2.24) is 0 Å². The Hall–Kier alpha value is -1.85. The Balaban J connectivity index is 2.17. The number of hydrogen-bond donors (Lipinski definition) is 1. The molecule has 2 aromatic carbocycles. The Kier molecular flexibility index (Phi) is 6.40. The number of aryl methyl sites for hydroxylation is 2. The molecule has 0 atom stereocenters. The summed E-state index contributed by atoms with van der Waals surface area (Å²) in [5, 5.41) is 3.57. The highest BCUT2D eigenvalue weighted by molar-refractivity contribution is 8.00. The van der Waals surface area contributed by atoms with Crippen molar-refractivity contribution in [2.24, 2.45) is 0 Å². The first-order valence-corrected chi connectivity index (χ1v) is 9.03. The van der Waals surface area contributed by atoms with Crippen LogP contribution >= 0.6 is 23.5 Å². The van der Waals surface area contributed by atoms with Gasteiger partial charge in [0.1, 0.15) is 12.3 Å². The summed E-state index contributed by atoms with van der Waals surface area (Å²) in [7, 11) is 1.60. The van der Waals surface area contributed by atoms with Crippen LogP contribution in [-0.4, -0.2) is 25.8 Å². The van der Waals surface area contributed by atoms with Gasteiger partial charge >= 0.3 is 0 Å². The number of halogens is 1. The third-order valence-corrected chi connectivity index (χ3v) is 4.59. The average molecular weight is 365 g/mol. The summed E-state index contributed by atoms with van der Waals surface area (Å²) in [4.78, 5) is 12.5.